The second-order valence-corrected chi connectivity index (χ2v) is 4.78. The number of nitrogens with one attached hydrogen (secondary N) is 2. The minimum absolute atomic E-state index is 0.172. The van der Waals surface area contributed by atoms with Gasteiger partial charge in [0.2, 0.25) is 5.91 Å². The number of rotatable bonds is 7. The van der Waals surface area contributed by atoms with Gasteiger partial charge in [0.05, 0.1) is 0 Å². The molecule has 0 spiro atoms. The summed E-state index contributed by atoms with van der Waals surface area (Å²) in [6.45, 7) is 1.55. The highest BCUT2D eigenvalue weighted by atomic mass is 16.2. The van der Waals surface area contributed by atoms with E-state index >= 15 is 0 Å². The highest BCUT2D eigenvalue weighted by Crippen LogP contribution is 2.18. The summed E-state index contributed by atoms with van der Waals surface area (Å²) >= 11 is 0. The van der Waals surface area contributed by atoms with Crippen molar-refractivity contribution in [3.05, 3.63) is 35.4 Å². The molecule has 1 aromatic rings. The van der Waals surface area contributed by atoms with Crippen molar-refractivity contribution in [2.45, 2.75) is 25.3 Å². The largest absolute Gasteiger partial charge is 0.366 e. The molecule has 0 radical (unpaired) electrons. The maximum absolute atomic E-state index is 11.8. The van der Waals surface area contributed by atoms with Crippen LogP contribution in [0.1, 0.15) is 40.0 Å². The van der Waals surface area contributed by atoms with E-state index in [1.54, 1.807) is 18.2 Å². The van der Waals surface area contributed by atoms with Gasteiger partial charge in [0.1, 0.15) is 0 Å². The lowest BCUT2D eigenvalue weighted by molar-refractivity contribution is 0.0953. The molecule has 0 aromatic heterocycles. The first kappa shape index (κ1) is 13.5. The summed E-state index contributed by atoms with van der Waals surface area (Å²) in [5.41, 5.74) is 5.99. The normalized spacial score (nSPS) is 14.1. The van der Waals surface area contributed by atoms with Crippen molar-refractivity contribution in [3.63, 3.8) is 0 Å². The summed E-state index contributed by atoms with van der Waals surface area (Å²) < 4.78 is 0. The lowest BCUT2D eigenvalue weighted by atomic mass is 10.1. The second kappa shape index (κ2) is 6.33. The zero-order chi connectivity index (χ0) is 13.7. The Labute approximate surface area is 112 Å². The smallest absolute Gasteiger partial charge is 0.251 e. The summed E-state index contributed by atoms with van der Waals surface area (Å²) in [6, 6.07) is 7.13. The van der Waals surface area contributed by atoms with Crippen LogP contribution in [0.25, 0.3) is 0 Å². The zero-order valence-electron chi connectivity index (χ0n) is 10.8. The summed E-state index contributed by atoms with van der Waals surface area (Å²) in [5.74, 6) is -0.696. The predicted molar refractivity (Wildman–Crippen MR) is 72.9 cm³/mol. The minimum Gasteiger partial charge on any atom is -0.366 e. The Morgan fingerprint density at radius 3 is 2.63 bits per heavy atom. The number of nitrogens with two attached hydrogens (primary N) is 1. The molecule has 1 aliphatic rings. The Kier molecular flexibility index (Phi) is 4.52. The first-order chi connectivity index (χ1) is 9.16. The number of carbonyl (C=O) groups excluding carboxylic acids is 2. The van der Waals surface area contributed by atoms with E-state index in [1.807, 2.05) is 0 Å². The molecule has 0 saturated heterocycles. The van der Waals surface area contributed by atoms with Crippen molar-refractivity contribution in [3.8, 4) is 0 Å². The predicted octanol–water partition coefficient (Wildman–Crippen LogP) is 0.657. The third-order valence-electron chi connectivity index (χ3n) is 3.06. The van der Waals surface area contributed by atoms with Crippen molar-refractivity contribution in [2.75, 3.05) is 13.1 Å². The van der Waals surface area contributed by atoms with Gasteiger partial charge < -0.3 is 16.4 Å². The number of hydrogen-bond donors (Lipinski definition) is 3. The number of amides is 2. The molecule has 1 aromatic carbocycles. The van der Waals surface area contributed by atoms with E-state index in [0.717, 1.165) is 13.0 Å². The molecule has 1 aliphatic carbocycles. The minimum atomic E-state index is -0.525. The monoisotopic (exact) mass is 261 g/mol. The van der Waals surface area contributed by atoms with Crippen LogP contribution in [0, 0.1) is 0 Å². The molecular weight excluding hydrogens is 242 g/mol. The van der Waals surface area contributed by atoms with E-state index in [0.29, 0.717) is 23.7 Å². The van der Waals surface area contributed by atoms with Gasteiger partial charge >= 0.3 is 0 Å². The van der Waals surface area contributed by atoms with E-state index in [-0.39, 0.29) is 5.91 Å². The highest BCUT2D eigenvalue weighted by Gasteiger charge is 2.19. The Balaban J connectivity index is 1.75. The molecular formula is C14H19N3O2. The summed E-state index contributed by atoms with van der Waals surface area (Å²) in [6.07, 6.45) is 3.44. The van der Waals surface area contributed by atoms with E-state index in [2.05, 4.69) is 10.6 Å². The number of benzene rings is 1. The molecule has 2 rings (SSSR count). The fourth-order valence-electron chi connectivity index (χ4n) is 1.80. The molecule has 19 heavy (non-hydrogen) atoms. The van der Waals surface area contributed by atoms with Crippen LogP contribution in [0.4, 0.5) is 0 Å². The molecule has 102 valence electrons. The van der Waals surface area contributed by atoms with Crippen LogP contribution in [0.3, 0.4) is 0 Å². The molecule has 4 N–H and O–H groups in total. The van der Waals surface area contributed by atoms with Crippen LogP contribution in [0.5, 0.6) is 0 Å². The average molecular weight is 261 g/mol. The summed E-state index contributed by atoms with van der Waals surface area (Å²) in [7, 11) is 0. The third-order valence-corrected chi connectivity index (χ3v) is 3.06. The van der Waals surface area contributed by atoms with Gasteiger partial charge in [-0.15, -0.1) is 0 Å². The maximum Gasteiger partial charge on any atom is 0.251 e. The summed E-state index contributed by atoms with van der Waals surface area (Å²) in [4.78, 5) is 22.9. The molecule has 0 aliphatic heterocycles. The molecule has 5 nitrogen and oxygen atoms in total. The number of hydrogen-bond acceptors (Lipinski definition) is 3. The number of primary amides is 1. The van der Waals surface area contributed by atoms with Gasteiger partial charge in [0, 0.05) is 23.7 Å². The van der Waals surface area contributed by atoms with Gasteiger partial charge in [0.25, 0.3) is 5.91 Å². The molecule has 2 amide bonds. The van der Waals surface area contributed by atoms with Gasteiger partial charge in [0.15, 0.2) is 0 Å². The van der Waals surface area contributed by atoms with Gasteiger partial charge in [-0.1, -0.05) is 6.07 Å². The lowest BCUT2D eigenvalue weighted by Crippen LogP contribution is -2.28. The van der Waals surface area contributed by atoms with Gasteiger partial charge in [-0.2, -0.15) is 0 Å². The molecule has 0 bridgehead atoms. The first-order valence-electron chi connectivity index (χ1n) is 6.58. The molecule has 0 atom stereocenters. The highest BCUT2D eigenvalue weighted by molar-refractivity contribution is 5.99. The Bertz CT molecular complexity index is 470. The van der Waals surface area contributed by atoms with Crippen LogP contribution >= 0.6 is 0 Å². The van der Waals surface area contributed by atoms with Gasteiger partial charge in [-0.3, -0.25) is 9.59 Å². The van der Waals surface area contributed by atoms with Crippen molar-refractivity contribution in [1.29, 1.82) is 0 Å². The first-order valence-corrected chi connectivity index (χ1v) is 6.58. The van der Waals surface area contributed by atoms with Crippen LogP contribution in [-0.2, 0) is 0 Å². The van der Waals surface area contributed by atoms with Crippen LogP contribution < -0.4 is 16.4 Å². The quantitative estimate of drug-likeness (QED) is 0.630. The van der Waals surface area contributed by atoms with Crippen molar-refractivity contribution >= 4 is 11.8 Å². The topological polar surface area (TPSA) is 84.2 Å². The lowest BCUT2D eigenvalue weighted by Gasteiger charge is -2.06. The van der Waals surface area contributed by atoms with Crippen molar-refractivity contribution in [1.82, 2.24) is 10.6 Å². The Morgan fingerprint density at radius 2 is 1.95 bits per heavy atom. The van der Waals surface area contributed by atoms with Crippen LogP contribution in [0.15, 0.2) is 24.3 Å². The molecule has 1 fully saturated rings. The SMILES string of the molecule is NC(=O)c1cccc(C(=O)NCCCNC2CC2)c1. The fraction of sp³-hybridized carbons (Fsp3) is 0.429. The molecule has 0 unspecified atom stereocenters. The number of carbonyl (C=O) groups is 2. The van der Waals surface area contributed by atoms with E-state index in [9.17, 15) is 9.59 Å². The summed E-state index contributed by atoms with van der Waals surface area (Å²) in [5, 5.41) is 6.21. The second-order valence-electron chi connectivity index (χ2n) is 4.78. The fourth-order valence-corrected chi connectivity index (χ4v) is 1.80. The molecule has 5 heteroatoms. The van der Waals surface area contributed by atoms with E-state index in [1.165, 1.54) is 18.9 Å². The Hall–Kier alpha value is -1.88. The van der Waals surface area contributed by atoms with Crippen LogP contribution in [-0.4, -0.2) is 30.9 Å². The third kappa shape index (κ3) is 4.37. The van der Waals surface area contributed by atoms with E-state index < -0.39 is 5.91 Å². The van der Waals surface area contributed by atoms with Crippen molar-refractivity contribution < 1.29 is 9.59 Å². The average Bonchev–Trinajstić information content (AvgIpc) is 3.22. The molecule has 1 saturated carbocycles. The zero-order valence-corrected chi connectivity index (χ0v) is 10.8. The standard InChI is InChI=1S/C14H19N3O2/c15-13(18)10-3-1-4-11(9-10)14(19)17-8-2-7-16-12-5-6-12/h1,3-4,9,12,16H,2,5-8H2,(H2,15,18)(H,17,19). The van der Waals surface area contributed by atoms with Gasteiger partial charge in [-0.05, 0) is 44.0 Å². The van der Waals surface area contributed by atoms with Crippen LogP contribution in [0.2, 0.25) is 0 Å². The van der Waals surface area contributed by atoms with Crippen molar-refractivity contribution in [2.24, 2.45) is 5.73 Å². The molecule has 0 heterocycles. The van der Waals surface area contributed by atoms with E-state index in [4.69, 9.17) is 5.73 Å². The maximum atomic E-state index is 11.8. The van der Waals surface area contributed by atoms with Gasteiger partial charge in [-0.25, -0.2) is 0 Å². The Morgan fingerprint density at radius 1 is 1.21 bits per heavy atom.